The zero-order valence-electron chi connectivity index (χ0n) is 7.25. The minimum absolute atomic E-state index is 1.12. The monoisotopic (exact) mass is 159 g/mol. The second kappa shape index (κ2) is 3.77. The summed E-state index contributed by atoms with van der Waals surface area (Å²) in [6.45, 7) is 5.80. The summed E-state index contributed by atoms with van der Waals surface area (Å²) in [7, 11) is 0. The van der Waals surface area contributed by atoms with E-state index in [-0.39, 0.29) is 0 Å². The molecule has 1 aromatic rings. The highest BCUT2D eigenvalue weighted by atomic mass is 14.5. The second-order valence-electron chi connectivity index (χ2n) is 2.64. The molecule has 12 heavy (non-hydrogen) atoms. The van der Waals surface area contributed by atoms with Crippen molar-refractivity contribution in [3.63, 3.8) is 0 Å². The Morgan fingerprint density at radius 2 is 2.17 bits per heavy atom. The van der Waals surface area contributed by atoms with Gasteiger partial charge in [0.25, 0.3) is 0 Å². The van der Waals surface area contributed by atoms with Crippen molar-refractivity contribution in [1.82, 2.24) is 0 Å². The van der Waals surface area contributed by atoms with Gasteiger partial charge >= 0.3 is 0 Å². The van der Waals surface area contributed by atoms with E-state index in [0.717, 1.165) is 11.1 Å². The van der Waals surface area contributed by atoms with Crippen molar-refractivity contribution < 1.29 is 0 Å². The van der Waals surface area contributed by atoms with Gasteiger partial charge in [0.15, 0.2) is 0 Å². The SMILES string of the molecule is C=Cc1cccc(C)c1/C=C\N. The van der Waals surface area contributed by atoms with E-state index in [1.165, 1.54) is 5.56 Å². The summed E-state index contributed by atoms with van der Waals surface area (Å²) in [5.74, 6) is 0. The molecule has 0 aliphatic carbocycles. The Bertz CT molecular complexity index is 311. The smallest absolute Gasteiger partial charge is 0.00560 e. The molecule has 0 radical (unpaired) electrons. The summed E-state index contributed by atoms with van der Waals surface area (Å²) < 4.78 is 0. The van der Waals surface area contributed by atoms with E-state index < -0.39 is 0 Å². The van der Waals surface area contributed by atoms with E-state index in [9.17, 15) is 0 Å². The van der Waals surface area contributed by atoms with E-state index in [4.69, 9.17) is 5.73 Å². The van der Waals surface area contributed by atoms with Gasteiger partial charge in [-0.15, -0.1) is 0 Å². The third-order valence-corrected chi connectivity index (χ3v) is 1.84. The van der Waals surface area contributed by atoms with Gasteiger partial charge in [0.2, 0.25) is 0 Å². The van der Waals surface area contributed by atoms with Crippen LogP contribution < -0.4 is 5.73 Å². The number of hydrogen-bond donors (Lipinski definition) is 1. The molecule has 0 amide bonds. The molecular formula is C11H13N. The lowest BCUT2D eigenvalue weighted by Gasteiger charge is -2.03. The van der Waals surface area contributed by atoms with Gasteiger partial charge < -0.3 is 5.73 Å². The molecule has 1 heteroatoms. The van der Waals surface area contributed by atoms with Crippen LogP contribution in [-0.2, 0) is 0 Å². The van der Waals surface area contributed by atoms with Crippen LogP contribution in [0.2, 0.25) is 0 Å². The van der Waals surface area contributed by atoms with Crippen molar-refractivity contribution in [2.24, 2.45) is 5.73 Å². The Morgan fingerprint density at radius 1 is 1.42 bits per heavy atom. The summed E-state index contributed by atoms with van der Waals surface area (Å²) in [5.41, 5.74) is 8.83. The first-order chi connectivity index (χ1) is 5.79. The molecular weight excluding hydrogens is 146 g/mol. The third kappa shape index (κ3) is 1.56. The van der Waals surface area contributed by atoms with Crippen molar-refractivity contribution in [3.05, 3.63) is 47.7 Å². The Balaban J connectivity index is 3.28. The lowest BCUT2D eigenvalue weighted by atomic mass is 10.0. The van der Waals surface area contributed by atoms with Crippen LogP contribution >= 0.6 is 0 Å². The van der Waals surface area contributed by atoms with Gasteiger partial charge in [-0.2, -0.15) is 0 Å². The third-order valence-electron chi connectivity index (χ3n) is 1.84. The molecule has 0 aliphatic heterocycles. The summed E-state index contributed by atoms with van der Waals surface area (Å²) in [4.78, 5) is 0. The van der Waals surface area contributed by atoms with Gasteiger partial charge in [0, 0.05) is 0 Å². The molecule has 2 N–H and O–H groups in total. The van der Waals surface area contributed by atoms with Crippen molar-refractivity contribution in [2.75, 3.05) is 0 Å². The summed E-state index contributed by atoms with van der Waals surface area (Å²) in [5, 5.41) is 0. The van der Waals surface area contributed by atoms with Crippen LogP contribution in [0.3, 0.4) is 0 Å². The lowest BCUT2D eigenvalue weighted by molar-refractivity contribution is 1.42. The average Bonchev–Trinajstić information content (AvgIpc) is 2.09. The first kappa shape index (κ1) is 8.60. The Hall–Kier alpha value is -1.50. The van der Waals surface area contributed by atoms with Gasteiger partial charge in [0.1, 0.15) is 0 Å². The molecule has 0 fully saturated rings. The number of benzene rings is 1. The molecule has 1 aromatic carbocycles. The van der Waals surface area contributed by atoms with E-state index >= 15 is 0 Å². The maximum atomic E-state index is 5.34. The summed E-state index contributed by atoms with van der Waals surface area (Å²) in [6, 6.07) is 6.10. The van der Waals surface area contributed by atoms with Crippen molar-refractivity contribution >= 4 is 12.2 Å². The summed E-state index contributed by atoms with van der Waals surface area (Å²) >= 11 is 0. The quantitative estimate of drug-likeness (QED) is 0.705. The Kier molecular flexibility index (Phi) is 2.70. The maximum absolute atomic E-state index is 5.34. The Morgan fingerprint density at radius 3 is 2.75 bits per heavy atom. The molecule has 0 saturated carbocycles. The maximum Gasteiger partial charge on any atom is -0.00560 e. The highest BCUT2D eigenvalue weighted by molar-refractivity contribution is 5.66. The predicted molar refractivity (Wildman–Crippen MR) is 54.5 cm³/mol. The molecule has 0 unspecified atom stereocenters. The van der Waals surface area contributed by atoms with Crippen LogP contribution in [0.15, 0.2) is 31.0 Å². The highest BCUT2D eigenvalue weighted by Crippen LogP contribution is 2.16. The summed E-state index contributed by atoms with van der Waals surface area (Å²) in [6.07, 6.45) is 5.28. The van der Waals surface area contributed by atoms with Gasteiger partial charge in [0.05, 0.1) is 0 Å². The molecule has 0 heterocycles. The van der Waals surface area contributed by atoms with Gasteiger partial charge in [-0.1, -0.05) is 30.9 Å². The normalized spacial score (nSPS) is 10.4. The average molecular weight is 159 g/mol. The van der Waals surface area contributed by atoms with Crippen LogP contribution in [-0.4, -0.2) is 0 Å². The fourth-order valence-electron chi connectivity index (χ4n) is 1.21. The highest BCUT2D eigenvalue weighted by Gasteiger charge is 1.97. The molecule has 0 aliphatic rings. The standard InChI is InChI=1S/C11H13N/c1-3-10-6-4-5-9(2)11(10)7-8-12/h3-8H,1,12H2,2H3/b8-7-. The number of aryl methyl sites for hydroxylation is 1. The van der Waals surface area contributed by atoms with Crippen LogP contribution in [0.5, 0.6) is 0 Å². The minimum Gasteiger partial charge on any atom is -0.405 e. The zero-order chi connectivity index (χ0) is 8.97. The molecule has 0 spiro atoms. The Labute approximate surface area is 73.2 Å². The lowest BCUT2D eigenvalue weighted by Crippen LogP contribution is -1.86. The van der Waals surface area contributed by atoms with Crippen LogP contribution in [0, 0.1) is 6.92 Å². The van der Waals surface area contributed by atoms with E-state index in [2.05, 4.69) is 19.6 Å². The van der Waals surface area contributed by atoms with Crippen molar-refractivity contribution in [1.29, 1.82) is 0 Å². The molecule has 0 bridgehead atoms. The molecule has 0 saturated heterocycles. The molecule has 0 aromatic heterocycles. The zero-order valence-corrected chi connectivity index (χ0v) is 7.25. The van der Waals surface area contributed by atoms with E-state index in [0.29, 0.717) is 0 Å². The van der Waals surface area contributed by atoms with Crippen molar-refractivity contribution in [2.45, 2.75) is 6.92 Å². The topological polar surface area (TPSA) is 26.0 Å². The van der Waals surface area contributed by atoms with Crippen LogP contribution in [0.4, 0.5) is 0 Å². The molecule has 0 atom stereocenters. The fraction of sp³-hybridized carbons (Fsp3) is 0.0909. The number of nitrogens with two attached hydrogens (primary N) is 1. The first-order valence-electron chi connectivity index (χ1n) is 3.90. The molecule has 1 rings (SSSR count). The van der Waals surface area contributed by atoms with Gasteiger partial charge in [-0.3, -0.25) is 0 Å². The molecule has 1 nitrogen and oxygen atoms in total. The minimum atomic E-state index is 1.12. The van der Waals surface area contributed by atoms with Crippen molar-refractivity contribution in [3.8, 4) is 0 Å². The predicted octanol–water partition coefficient (Wildman–Crippen LogP) is 2.57. The van der Waals surface area contributed by atoms with E-state index in [1.807, 2.05) is 24.3 Å². The molecule has 62 valence electrons. The van der Waals surface area contributed by atoms with Crippen LogP contribution in [0.25, 0.3) is 12.2 Å². The van der Waals surface area contributed by atoms with Crippen LogP contribution in [0.1, 0.15) is 16.7 Å². The van der Waals surface area contributed by atoms with Gasteiger partial charge in [-0.25, -0.2) is 0 Å². The number of rotatable bonds is 2. The largest absolute Gasteiger partial charge is 0.405 e. The van der Waals surface area contributed by atoms with Gasteiger partial charge in [-0.05, 0) is 35.9 Å². The van der Waals surface area contributed by atoms with E-state index in [1.54, 1.807) is 6.20 Å². The first-order valence-corrected chi connectivity index (χ1v) is 3.90. The second-order valence-corrected chi connectivity index (χ2v) is 2.64. The number of hydrogen-bond acceptors (Lipinski definition) is 1. The fourth-order valence-corrected chi connectivity index (χ4v) is 1.21.